The molecule has 0 aliphatic heterocycles. The van der Waals surface area contributed by atoms with Gasteiger partial charge in [-0.1, -0.05) is 61.7 Å². The molecule has 35 heavy (non-hydrogen) atoms. The number of hydrogen-bond acceptors (Lipinski definition) is 4. The van der Waals surface area contributed by atoms with Gasteiger partial charge in [-0.25, -0.2) is 0 Å². The van der Waals surface area contributed by atoms with Crippen LogP contribution >= 0.6 is 0 Å². The number of amides is 2. The van der Waals surface area contributed by atoms with Crippen molar-refractivity contribution >= 4 is 11.8 Å². The second-order valence-electron chi connectivity index (χ2n) is 8.96. The highest BCUT2D eigenvalue weighted by Gasteiger charge is 2.34. The zero-order chi connectivity index (χ0) is 24.5. The summed E-state index contributed by atoms with van der Waals surface area (Å²) >= 11 is 0. The fraction of sp³-hybridized carbons (Fsp3) is 0.379. The van der Waals surface area contributed by atoms with Gasteiger partial charge < -0.3 is 19.4 Å². The standard InChI is InChI=1S/C29H34N2O4/c1-2-34-25-17-15-23(16-18-25)27(28(32)30-24-12-7-4-8-13-24)31(29(33)26-14-9-21-35-26)20-19-22-10-5-3-6-11-22/h3,5-6,9-11,14-18,21,24,27H,2,4,7-8,12-13,19-20H2,1H3,(H,30,32). The Morgan fingerprint density at radius 3 is 2.40 bits per heavy atom. The second-order valence-corrected chi connectivity index (χ2v) is 8.96. The predicted octanol–water partition coefficient (Wildman–Crippen LogP) is 5.55. The van der Waals surface area contributed by atoms with Crippen molar-refractivity contribution in [1.82, 2.24) is 10.2 Å². The molecule has 1 aliphatic rings. The van der Waals surface area contributed by atoms with Crippen molar-refractivity contribution < 1.29 is 18.7 Å². The third-order valence-electron chi connectivity index (χ3n) is 6.50. The highest BCUT2D eigenvalue weighted by molar-refractivity contribution is 5.96. The first-order chi connectivity index (χ1) is 17.2. The van der Waals surface area contributed by atoms with Gasteiger partial charge in [0.05, 0.1) is 12.9 Å². The van der Waals surface area contributed by atoms with Crippen LogP contribution in [0.4, 0.5) is 0 Å². The van der Waals surface area contributed by atoms with Gasteiger partial charge in [0.1, 0.15) is 11.8 Å². The maximum absolute atomic E-state index is 13.8. The summed E-state index contributed by atoms with van der Waals surface area (Å²) in [6, 6.07) is 20.1. The second kappa shape index (κ2) is 12.2. The summed E-state index contributed by atoms with van der Waals surface area (Å²) < 4.78 is 11.1. The molecule has 1 aliphatic carbocycles. The number of hydrogen-bond donors (Lipinski definition) is 1. The van der Waals surface area contributed by atoms with Crippen LogP contribution in [0.25, 0.3) is 0 Å². The molecule has 1 fully saturated rings. The zero-order valence-electron chi connectivity index (χ0n) is 20.3. The molecule has 1 saturated carbocycles. The van der Waals surface area contributed by atoms with E-state index in [2.05, 4.69) is 5.32 Å². The Hall–Kier alpha value is -3.54. The minimum atomic E-state index is -0.783. The zero-order valence-corrected chi connectivity index (χ0v) is 20.3. The minimum absolute atomic E-state index is 0.135. The number of carbonyl (C=O) groups excluding carboxylic acids is 2. The van der Waals surface area contributed by atoms with E-state index >= 15 is 0 Å². The highest BCUT2D eigenvalue weighted by Crippen LogP contribution is 2.27. The van der Waals surface area contributed by atoms with E-state index < -0.39 is 6.04 Å². The summed E-state index contributed by atoms with van der Waals surface area (Å²) in [6.07, 6.45) is 7.47. The Kier molecular flexibility index (Phi) is 8.60. The predicted molar refractivity (Wildman–Crippen MR) is 135 cm³/mol. The van der Waals surface area contributed by atoms with Crippen LogP contribution in [0.1, 0.15) is 66.8 Å². The van der Waals surface area contributed by atoms with Crippen LogP contribution in [0.3, 0.4) is 0 Å². The SMILES string of the molecule is CCOc1ccc(C(C(=O)NC2CCCCC2)N(CCc2ccccc2)C(=O)c2ccco2)cc1. The van der Waals surface area contributed by atoms with E-state index in [-0.39, 0.29) is 23.6 Å². The molecule has 184 valence electrons. The molecule has 6 heteroatoms. The quantitative estimate of drug-likeness (QED) is 0.418. The van der Waals surface area contributed by atoms with Crippen molar-refractivity contribution in [2.45, 2.75) is 57.5 Å². The van der Waals surface area contributed by atoms with Gasteiger partial charge in [0.15, 0.2) is 5.76 Å². The highest BCUT2D eigenvalue weighted by atomic mass is 16.5. The first-order valence-corrected chi connectivity index (χ1v) is 12.6. The van der Waals surface area contributed by atoms with Gasteiger partial charge in [-0.05, 0) is 61.6 Å². The van der Waals surface area contributed by atoms with Crippen LogP contribution in [-0.4, -0.2) is 35.9 Å². The topological polar surface area (TPSA) is 71.8 Å². The average Bonchev–Trinajstić information content (AvgIpc) is 3.43. The van der Waals surface area contributed by atoms with Crippen LogP contribution < -0.4 is 10.1 Å². The molecule has 2 amide bonds. The molecule has 1 atom stereocenters. The third kappa shape index (κ3) is 6.53. The largest absolute Gasteiger partial charge is 0.494 e. The molecule has 2 aromatic carbocycles. The number of furan rings is 1. The molecular formula is C29H34N2O4. The maximum atomic E-state index is 13.8. The summed E-state index contributed by atoms with van der Waals surface area (Å²) in [5, 5.41) is 3.24. The first-order valence-electron chi connectivity index (χ1n) is 12.6. The molecule has 0 saturated heterocycles. The van der Waals surface area contributed by atoms with E-state index in [1.807, 2.05) is 61.5 Å². The lowest BCUT2D eigenvalue weighted by molar-refractivity contribution is -0.126. The van der Waals surface area contributed by atoms with Crippen molar-refractivity contribution in [1.29, 1.82) is 0 Å². The lowest BCUT2D eigenvalue weighted by atomic mass is 9.94. The normalized spacial score (nSPS) is 14.8. The summed E-state index contributed by atoms with van der Waals surface area (Å²) in [5.74, 6) is 0.494. The minimum Gasteiger partial charge on any atom is -0.494 e. The van der Waals surface area contributed by atoms with Crippen LogP contribution in [-0.2, 0) is 11.2 Å². The van der Waals surface area contributed by atoms with Crippen molar-refractivity contribution in [3.05, 3.63) is 89.9 Å². The van der Waals surface area contributed by atoms with E-state index in [1.54, 1.807) is 17.0 Å². The first kappa shape index (κ1) is 24.6. The monoisotopic (exact) mass is 474 g/mol. The van der Waals surface area contributed by atoms with E-state index in [0.717, 1.165) is 42.6 Å². The Labute approximate surface area is 207 Å². The van der Waals surface area contributed by atoms with Gasteiger partial charge in [0, 0.05) is 12.6 Å². The molecule has 1 aromatic heterocycles. The molecule has 4 rings (SSSR count). The molecule has 0 bridgehead atoms. The van der Waals surface area contributed by atoms with Crippen molar-refractivity contribution in [3.63, 3.8) is 0 Å². The Bertz CT molecular complexity index is 1060. The van der Waals surface area contributed by atoms with E-state index in [9.17, 15) is 9.59 Å². The van der Waals surface area contributed by atoms with Crippen molar-refractivity contribution in [2.75, 3.05) is 13.2 Å². The molecule has 0 radical (unpaired) electrons. The number of carbonyl (C=O) groups is 2. The van der Waals surface area contributed by atoms with Gasteiger partial charge in [0.25, 0.3) is 5.91 Å². The van der Waals surface area contributed by atoms with Gasteiger partial charge in [-0.3, -0.25) is 9.59 Å². The molecule has 1 unspecified atom stereocenters. The van der Waals surface area contributed by atoms with Gasteiger partial charge >= 0.3 is 0 Å². The van der Waals surface area contributed by atoms with Crippen LogP contribution in [0.2, 0.25) is 0 Å². The smallest absolute Gasteiger partial charge is 0.290 e. The summed E-state index contributed by atoms with van der Waals surface area (Å²) in [7, 11) is 0. The lowest BCUT2D eigenvalue weighted by Gasteiger charge is -2.33. The fourth-order valence-electron chi connectivity index (χ4n) is 4.70. The molecular weight excluding hydrogens is 440 g/mol. The summed E-state index contributed by atoms with van der Waals surface area (Å²) in [5.41, 5.74) is 1.85. The number of ether oxygens (including phenoxy) is 1. The number of rotatable bonds is 10. The Morgan fingerprint density at radius 1 is 1.00 bits per heavy atom. The Morgan fingerprint density at radius 2 is 1.74 bits per heavy atom. The number of nitrogens with zero attached hydrogens (tertiary/aromatic N) is 1. The van der Waals surface area contributed by atoms with Crippen molar-refractivity contribution in [3.8, 4) is 5.75 Å². The van der Waals surface area contributed by atoms with E-state index in [0.29, 0.717) is 19.6 Å². The number of nitrogens with one attached hydrogen (secondary N) is 1. The van der Waals surface area contributed by atoms with Crippen LogP contribution in [0.15, 0.2) is 77.4 Å². The van der Waals surface area contributed by atoms with Gasteiger partial charge in [0.2, 0.25) is 5.91 Å². The maximum Gasteiger partial charge on any atom is 0.290 e. The van der Waals surface area contributed by atoms with Crippen LogP contribution in [0.5, 0.6) is 5.75 Å². The van der Waals surface area contributed by atoms with E-state index in [1.165, 1.54) is 12.7 Å². The van der Waals surface area contributed by atoms with E-state index in [4.69, 9.17) is 9.15 Å². The summed E-state index contributed by atoms with van der Waals surface area (Å²) in [6.45, 7) is 2.87. The fourth-order valence-corrected chi connectivity index (χ4v) is 4.70. The number of benzene rings is 2. The van der Waals surface area contributed by atoms with Crippen LogP contribution in [0, 0.1) is 0 Å². The van der Waals surface area contributed by atoms with Gasteiger partial charge in [-0.2, -0.15) is 0 Å². The molecule has 3 aromatic rings. The molecule has 0 spiro atoms. The Balaban J connectivity index is 1.66. The van der Waals surface area contributed by atoms with Gasteiger partial charge in [-0.15, -0.1) is 0 Å². The summed E-state index contributed by atoms with van der Waals surface area (Å²) in [4.78, 5) is 29.1. The average molecular weight is 475 g/mol. The molecule has 1 N–H and O–H groups in total. The molecule has 6 nitrogen and oxygen atoms in total. The van der Waals surface area contributed by atoms with Crippen molar-refractivity contribution in [2.24, 2.45) is 0 Å². The third-order valence-corrected chi connectivity index (χ3v) is 6.50. The molecule has 1 heterocycles. The lowest BCUT2D eigenvalue weighted by Crippen LogP contribution is -2.47.